The fraction of sp³-hybridized carbons (Fsp3) is 0.333. The van der Waals surface area contributed by atoms with Gasteiger partial charge in [0, 0.05) is 42.0 Å². The number of alkyl halides is 2. The molecule has 8 heteroatoms. The van der Waals surface area contributed by atoms with Crippen LogP contribution in [-0.2, 0) is 22.4 Å². The first kappa shape index (κ1) is 23.3. The Morgan fingerprint density at radius 3 is 2.00 bits per heavy atom. The molecule has 5 nitrogen and oxygen atoms in total. The minimum Gasteiger partial charge on any atom is -0.480 e. The lowest BCUT2D eigenvalue weighted by Gasteiger charge is -2.23. The second-order valence-electron chi connectivity index (χ2n) is 6.50. The van der Waals surface area contributed by atoms with E-state index in [1.54, 1.807) is 24.3 Å². The zero-order valence-corrected chi connectivity index (χ0v) is 18.1. The molecule has 1 amide bonds. The normalized spacial score (nSPS) is 11.7. The average molecular weight is 458 g/mol. The second kappa shape index (κ2) is 11.9. The van der Waals surface area contributed by atoms with Crippen LogP contribution in [0.5, 0.6) is 0 Å². The van der Waals surface area contributed by atoms with Crippen molar-refractivity contribution < 1.29 is 14.7 Å². The van der Waals surface area contributed by atoms with Crippen molar-refractivity contribution in [1.29, 1.82) is 0 Å². The quantitative estimate of drug-likeness (QED) is 0.501. The molecule has 2 rings (SSSR count). The lowest BCUT2D eigenvalue weighted by Crippen LogP contribution is -2.43. The number of anilines is 1. The van der Waals surface area contributed by atoms with Gasteiger partial charge in [0.05, 0.1) is 6.42 Å². The Morgan fingerprint density at radius 1 is 0.931 bits per heavy atom. The first-order chi connectivity index (χ1) is 13.9. The molecular weight excluding hydrogens is 435 g/mol. The van der Waals surface area contributed by atoms with Crippen LogP contribution in [0.25, 0.3) is 0 Å². The summed E-state index contributed by atoms with van der Waals surface area (Å²) < 4.78 is 0. The molecule has 2 aromatic rings. The summed E-state index contributed by atoms with van der Waals surface area (Å²) in [5, 5.41) is 12.6. The van der Waals surface area contributed by atoms with Crippen LogP contribution in [0, 0.1) is 0 Å². The number of carboxylic acids is 1. The molecule has 0 aliphatic heterocycles. The van der Waals surface area contributed by atoms with E-state index in [1.807, 2.05) is 24.3 Å². The van der Waals surface area contributed by atoms with E-state index < -0.39 is 12.0 Å². The van der Waals surface area contributed by atoms with Crippen LogP contribution >= 0.6 is 34.8 Å². The molecule has 0 bridgehead atoms. The Balaban J connectivity index is 1.97. The second-order valence-corrected chi connectivity index (χ2v) is 7.69. The van der Waals surface area contributed by atoms with Crippen molar-refractivity contribution >= 4 is 52.4 Å². The fourth-order valence-electron chi connectivity index (χ4n) is 2.89. The number of hydrogen-bond donors (Lipinski definition) is 2. The van der Waals surface area contributed by atoms with Crippen molar-refractivity contribution in [3.63, 3.8) is 0 Å². The molecule has 2 N–H and O–H groups in total. The number of nitrogens with zero attached hydrogens (tertiary/aromatic N) is 1. The highest BCUT2D eigenvalue weighted by Crippen LogP contribution is 2.16. The third-order valence-electron chi connectivity index (χ3n) is 4.36. The number of halogens is 3. The minimum atomic E-state index is -1.08. The Morgan fingerprint density at radius 2 is 1.48 bits per heavy atom. The summed E-state index contributed by atoms with van der Waals surface area (Å²) in [6, 6.07) is 13.4. The van der Waals surface area contributed by atoms with E-state index in [2.05, 4.69) is 10.2 Å². The standard InChI is InChI=1S/C21H23Cl3N2O3/c22-9-11-26(12-10-23)18-7-3-16(4-8-18)14-20(27)25-19(21(28)29)13-15-1-5-17(24)6-2-15/h1-8,19H,9-14H2,(H,25,27)(H,28,29)/t19-/m0/s1. The SMILES string of the molecule is O=C(Cc1ccc(N(CCCl)CCCl)cc1)N[C@@H](Cc1ccc(Cl)cc1)C(=O)O. The van der Waals surface area contributed by atoms with Crippen LogP contribution < -0.4 is 10.2 Å². The molecule has 0 fully saturated rings. The van der Waals surface area contributed by atoms with E-state index in [0.29, 0.717) is 29.9 Å². The van der Waals surface area contributed by atoms with Gasteiger partial charge in [-0.15, -0.1) is 23.2 Å². The van der Waals surface area contributed by atoms with E-state index in [4.69, 9.17) is 34.8 Å². The monoisotopic (exact) mass is 456 g/mol. The lowest BCUT2D eigenvalue weighted by molar-refractivity contribution is -0.141. The number of carbonyl (C=O) groups is 2. The van der Waals surface area contributed by atoms with E-state index >= 15 is 0 Å². The molecule has 0 unspecified atom stereocenters. The van der Waals surface area contributed by atoms with E-state index in [0.717, 1.165) is 16.8 Å². The largest absolute Gasteiger partial charge is 0.480 e. The Hall–Kier alpha value is -1.95. The molecule has 0 saturated heterocycles. The van der Waals surface area contributed by atoms with Gasteiger partial charge in [-0.3, -0.25) is 4.79 Å². The third kappa shape index (κ3) is 7.77. The number of rotatable bonds is 11. The first-order valence-corrected chi connectivity index (χ1v) is 10.6. The van der Waals surface area contributed by atoms with Crippen LogP contribution in [-0.4, -0.2) is 47.9 Å². The number of aliphatic carboxylic acids is 1. The fourth-order valence-corrected chi connectivity index (χ4v) is 3.42. The van der Waals surface area contributed by atoms with Gasteiger partial charge >= 0.3 is 5.97 Å². The van der Waals surface area contributed by atoms with Crippen molar-refractivity contribution in [2.75, 3.05) is 29.7 Å². The van der Waals surface area contributed by atoms with Crippen LogP contribution in [0.4, 0.5) is 5.69 Å². The van der Waals surface area contributed by atoms with Gasteiger partial charge in [0.2, 0.25) is 5.91 Å². The summed E-state index contributed by atoms with van der Waals surface area (Å²) in [5.41, 5.74) is 2.55. The Kier molecular flexibility index (Phi) is 9.58. The van der Waals surface area contributed by atoms with Crippen LogP contribution in [0.2, 0.25) is 5.02 Å². The molecule has 0 spiro atoms. The predicted octanol–water partition coefficient (Wildman–Crippen LogP) is 3.98. The number of hydrogen-bond acceptors (Lipinski definition) is 3. The predicted molar refractivity (Wildman–Crippen MR) is 119 cm³/mol. The summed E-state index contributed by atoms with van der Waals surface area (Å²) in [4.78, 5) is 26.0. The van der Waals surface area contributed by atoms with Gasteiger partial charge in [-0.2, -0.15) is 0 Å². The Labute approximate surface area is 185 Å². The smallest absolute Gasteiger partial charge is 0.326 e. The van der Waals surface area contributed by atoms with Crippen LogP contribution in [0.3, 0.4) is 0 Å². The summed E-state index contributed by atoms with van der Waals surface area (Å²) >= 11 is 17.5. The molecular formula is C21H23Cl3N2O3. The molecule has 0 aromatic heterocycles. The highest BCUT2D eigenvalue weighted by atomic mass is 35.5. The number of benzene rings is 2. The summed E-state index contributed by atoms with van der Waals surface area (Å²) in [5.74, 6) is -0.449. The maximum atomic E-state index is 12.4. The van der Waals surface area contributed by atoms with Gasteiger partial charge in [-0.25, -0.2) is 4.79 Å². The third-order valence-corrected chi connectivity index (χ3v) is 4.95. The van der Waals surface area contributed by atoms with Crippen molar-refractivity contribution in [3.05, 3.63) is 64.7 Å². The number of nitrogens with one attached hydrogen (secondary N) is 1. The topological polar surface area (TPSA) is 69.6 Å². The van der Waals surface area contributed by atoms with Gasteiger partial charge < -0.3 is 15.3 Å². The molecule has 2 aromatic carbocycles. The zero-order valence-electron chi connectivity index (χ0n) is 15.8. The van der Waals surface area contributed by atoms with Gasteiger partial charge in [-0.1, -0.05) is 35.9 Å². The Bertz CT molecular complexity index is 792. The highest BCUT2D eigenvalue weighted by Gasteiger charge is 2.20. The van der Waals surface area contributed by atoms with Crippen LogP contribution in [0.1, 0.15) is 11.1 Å². The van der Waals surface area contributed by atoms with Gasteiger partial charge in [0.25, 0.3) is 0 Å². The first-order valence-electron chi connectivity index (χ1n) is 9.15. The van der Waals surface area contributed by atoms with Gasteiger partial charge in [0.1, 0.15) is 6.04 Å². The van der Waals surface area contributed by atoms with Gasteiger partial charge in [0.15, 0.2) is 0 Å². The summed E-state index contributed by atoms with van der Waals surface area (Å²) in [6.45, 7) is 1.36. The molecule has 0 aliphatic carbocycles. The minimum absolute atomic E-state index is 0.0929. The number of carboxylic acid groups (broad SMARTS) is 1. The van der Waals surface area contributed by atoms with Crippen LogP contribution in [0.15, 0.2) is 48.5 Å². The molecule has 156 valence electrons. The van der Waals surface area contributed by atoms with E-state index in [-0.39, 0.29) is 18.7 Å². The van der Waals surface area contributed by atoms with Crippen molar-refractivity contribution in [1.82, 2.24) is 5.32 Å². The van der Waals surface area contributed by atoms with Crippen molar-refractivity contribution in [2.24, 2.45) is 0 Å². The molecule has 1 atom stereocenters. The van der Waals surface area contributed by atoms with Crippen molar-refractivity contribution in [3.8, 4) is 0 Å². The zero-order chi connectivity index (χ0) is 21.2. The molecule has 0 radical (unpaired) electrons. The maximum absolute atomic E-state index is 12.4. The molecule has 0 heterocycles. The maximum Gasteiger partial charge on any atom is 0.326 e. The number of amides is 1. The molecule has 29 heavy (non-hydrogen) atoms. The average Bonchev–Trinajstić information content (AvgIpc) is 2.69. The summed E-state index contributed by atoms with van der Waals surface area (Å²) in [7, 11) is 0. The molecule has 0 aliphatic rings. The lowest BCUT2D eigenvalue weighted by atomic mass is 10.1. The highest BCUT2D eigenvalue weighted by molar-refractivity contribution is 6.30. The van der Waals surface area contributed by atoms with Crippen molar-refractivity contribution in [2.45, 2.75) is 18.9 Å². The van der Waals surface area contributed by atoms with Gasteiger partial charge in [-0.05, 0) is 35.4 Å². The molecule has 0 saturated carbocycles. The number of carbonyl (C=O) groups excluding carboxylic acids is 1. The summed E-state index contributed by atoms with van der Waals surface area (Å²) in [6.07, 6.45) is 0.276. The van der Waals surface area contributed by atoms with E-state index in [1.165, 1.54) is 0 Å². The van der Waals surface area contributed by atoms with E-state index in [9.17, 15) is 14.7 Å².